The molecule has 0 unspecified atom stereocenters. The smallest absolute Gasteiger partial charge is 0.228 e. The Balaban J connectivity index is 2.03. The van der Waals surface area contributed by atoms with Crippen LogP contribution >= 0.6 is 0 Å². The number of amides is 1. The third-order valence-electron chi connectivity index (χ3n) is 3.72. The number of carbonyl (C=O) groups is 1. The van der Waals surface area contributed by atoms with Crippen molar-refractivity contribution < 1.29 is 4.79 Å². The number of nitrogens with one attached hydrogen (secondary N) is 1. The van der Waals surface area contributed by atoms with Gasteiger partial charge in [0.15, 0.2) is 0 Å². The Labute approximate surface area is 127 Å². The molecule has 2 aromatic carbocycles. The Morgan fingerprint density at radius 3 is 2.33 bits per heavy atom. The fourth-order valence-electron chi connectivity index (χ4n) is 2.32. The van der Waals surface area contributed by atoms with Crippen LogP contribution in [0.1, 0.15) is 42.0 Å². The fraction of sp³-hybridized carbons (Fsp3) is 0.316. The van der Waals surface area contributed by atoms with Crippen LogP contribution in [0.15, 0.2) is 42.5 Å². The summed E-state index contributed by atoms with van der Waals surface area (Å²) in [4.78, 5) is 12.2. The molecule has 0 radical (unpaired) electrons. The Kier molecular flexibility index (Phi) is 4.79. The van der Waals surface area contributed by atoms with Crippen LogP contribution in [-0.4, -0.2) is 5.91 Å². The van der Waals surface area contributed by atoms with Gasteiger partial charge in [-0.1, -0.05) is 49.7 Å². The molecule has 1 amide bonds. The van der Waals surface area contributed by atoms with E-state index in [-0.39, 0.29) is 5.91 Å². The lowest BCUT2D eigenvalue weighted by molar-refractivity contribution is -0.115. The quantitative estimate of drug-likeness (QED) is 0.871. The van der Waals surface area contributed by atoms with Crippen LogP contribution in [0.25, 0.3) is 0 Å². The molecule has 0 aliphatic heterocycles. The minimum absolute atomic E-state index is 0.0287. The standard InChI is InChI=1S/C19H23NO/c1-13(2)16-7-9-18(10-8-16)20-19(21)12-17-11-14(3)5-6-15(17)4/h5-11,13H,12H2,1-4H3,(H,20,21). The van der Waals surface area contributed by atoms with E-state index in [0.29, 0.717) is 12.3 Å². The maximum absolute atomic E-state index is 12.2. The molecule has 0 aromatic heterocycles. The predicted octanol–water partition coefficient (Wildman–Crippen LogP) is 4.61. The highest BCUT2D eigenvalue weighted by molar-refractivity contribution is 5.92. The van der Waals surface area contributed by atoms with E-state index in [1.54, 1.807) is 0 Å². The van der Waals surface area contributed by atoms with Gasteiger partial charge in [0.2, 0.25) is 5.91 Å². The molecule has 2 rings (SSSR count). The molecule has 0 aliphatic rings. The van der Waals surface area contributed by atoms with Crippen molar-refractivity contribution in [2.75, 3.05) is 5.32 Å². The number of hydrogen-bond acceptors (Lipinski definition) is 1. The Morgan fingerprint density at radius 1 is 1.05 bits per heavy atom. The topological polar surface area (TPSA) is 29.1 Å². The summed E-state index contributed by atoms with van der Waals surface area (Å²) in [5.41, 5.74) is 5.57. The van der Waals surface area contributed by atoms with Gasteiger partial charge in [-0.05, 0) is 48.6 Å². The maximum Gasteiger partial charge on any atom is 0.228 e. The van der Waals surface area contributed by atoms with Crippen LogP contribution in [0.5, 0.6) is 0 Å². The number of rotatable bonds is 4. The third kappa shape index (κ3) is 4.19. The van der Waals surface area contributed by atoms with E-state index in [9.17, 15) is 4.79 Å². The molecule has 2 aromatic rings. The zero-order valence-electron chi connectivity index (χ0n) is 13.2. The Bertz CT molecular complexity index is 627. The molecule has 0 atom stereocenters. The summed E-state index contributed by atoms with van der Waals surface area (Å²) in [6.45, 7) is 8.41. The van der Waals surface area contributed by atoms with Gasteiger partial charge in [-0.3, -0.25) is 4.79 Å². The summed E-state index contributed by atoms with van der Waals surface area (Å²) in [6, 6.07) is 14.3. The van der Waals surface area contributed by atoms with Crippen LogP contribution in [0.4, 0.5) is 5.69 Å². The normalized spacial score (nSPS) is 10.7. The Morgan fingerprint density at radius 2 is 1.71 bits per heavy atom. The molecule has 0 aliphatic carbocycles. The third-order valence-corrected chi connectivity index (χ3v) is 3.72. The van der Waals surface area contributed by atoms with Gasteiger partial charge >= 0.3 is 0 Å². The second kappa shape index (κ2) is 6.57. The number of anilines is 1. The minimum Gasteiger partial charge on any atom is -0.326 e. The molecule has 0 spiro atoms. The molecule has 0 saturated heterocycles. The van der Waals surface area contributed by atoms with Crippen molar-refractivity contribution in [3.8, 4) is 0 Å². The lowest BCUT2D eigenvalue weighted by atomic mass is 10.0. The van der Waals surface area contributed by atoms with E-state index in [0.717, 1.165) is 16.8 Å². The number of benzene rings is 2. The molecular weight excluding hydrogens is 258 g/mol. The molecule has 0 fully saturated rings. The van der Waals surface area contributed by atoms with Gasteiger partial charge in [0.05, 0.1) is 6.42 Å². The van der Waals surface area contributed by atoms with E-state index in [4.69, 9.17) is 0 Å². The summed E-state index contributed by atoms with van der Waals surface area (Å²) in [5, 5.41) is 2.96. The average Bonchev–Trinajstić information content (AvgIpc) is 2.43. The van der Waals surface area contributed by atoms with Crippen molar-refractivity contribution in [2.45, 2.75) is 40.0 Å². The first-order valence-electron chi connectivity index (χ1n) is 7.41. The lowest BCUT2D eigenvalue weighted by Gasteiger charge is -2.10. The summed E-state index contributed by atoms with van der Waals surface area (Å²) in [5.74, 6) is 0.533. The molecule has 110 valence electrons. The fourth-order valence-corrected chi connectivity index (χ4v) is 2.32. The first-order chi connectivity index (χ1) is 9.95. The van der Waals surface area contributed by atoms with Gasteiger partial charge in [-0.2, -0.15) is 0 Å². The second-order valence-corrected chi connectivity index (χ2v) is 5.93. The maximum atomic E-state index is 12.2. The zero-order chi connectivity index (χ0) is 15.4. The van der Waals surface area contributed by atoms with Gasteiger partial charge in [0.25, 0.3) is 0 Å². The number of aryl methyl sites for hydroxylation is 2. The predicted molar refractivity (Wildman–Crippen MR) is 88.8 cm³/mol. The lowest BCUT2D eigenvalue weighted by Crippen LogP contribution is -2.15. The highest BCUT2D eigenvalue weighted by Gasteiger charge is 2.07. The monoisotopic (exact) mass is 281 g/mol. The van der Waals surface area contributed by atoms with Crippen molar-refractivity contribution in [1.29, 1.82) is 0 Å². The molecular formula is C19H23NO. The summed E-state index contributed by atoms with van der Waals surface area (Å²) in [6.07, 6.45) is 0.416. The van der Waals surface area contributed by atoms with E-state index >= 15 is 0 Å². The summed E-state index contributed by atoms with van der Waals surface area (Å²) >= 11 is 0. The van der Waals surface area contributed by atoms with E-state index in [1.165, 1.54) is 11.1 Å². The van der Waals surface area contributed by atoms with Crippen molar-refractivity contribution in [1.82, 2.24) is 0 Å². The van der Waals surface area contributed by atoms with Gasteiger partial charge < -0.3 is 5.32 Å². The molecule has 21 heavy (non-hydrogen) atoms. The van der Waals surface area contributed by atoms with Gasteiger partial charge in [-0.15, -0.1) is 0 Å². The van der Waals surface area contributed by atoms with E-state index in [2.05, 4.69) is 49.5 Å². The van der Waals surface area contributed by atoms with Crippen LogP contribution in [0, 0.1) is 13.8 Å². The first-order valence-corrected chi connectivity index (χ1v) is 7.41. The largest absolute Gasteiger partial charge is 0.326 e. The zero-order valence-corrected chi connectivity index (χ0v) is 13.2. The molecule has 0 bridgehead atoms. The number of carbonyl (C=O) groups excluding carboxylic acids is 1. The molecule has 0 heterocycles. The molecule has 1 N–H and O–H groups in total. The van der Waals surface area contributed by atoms with Crippen molar-refractivity contribution >= 4 is 11.6 Å². The number of hydrogen-bond donors (Lipinski definition) is 1. The van der Waals surface area contributed by atoms with Crippen molar-refractivity contribution in [3.63, 3.8) is 0 Å². The van der Waals surface area contributed by atoms with Crippen LogP contribution in [-0.2, 0) is 11.2 Å². The van der Waals surface area contributed by atoms with Crippen molar-refractivity contribution in [2.24, 2.45) is 0 Å². The SMILES string of the molecule is Cc1ccc(C)c(CC(=O)Nc2ccc(C(C)C)cc2)c1. The summed E-state index contributed by atoms with van der Waals surface area (Å²) < 4.78 is 0. The second-order valence-electron chi connectivity index (χ2n) is 5.93. The molecule has 2 nitrogen and oxygen atoms in total. The van der Waals surface area contributed by atoms with Gasteiger partial charge in [0, 0.05) is 5.69 Å². The molecule has 2 heteroatoms. The van der Waals surface area contributed by atoms with Crippen LogP contribution in [0.2, 0.25) is 0 Å². The minimum atomic E-state index is 0.0287. The highest BCUT2D eigenvalue weighted by Crippen LogP contribution is 2.18. The van der Waals surface area contributed by atoms with Gasteiger partial charge in [-0.25, -0.2) is 0 Å². The molecule has 0 saturated carbocycles. The summed E-state index contributed by atoms with van der Waals surface area (Å²) in [7, 11) is 0. The first kappa shape index (κ1) is 15.3. The van der Waals surface area contributed by atoms with Crippen molar-refractivity contribution in [3.05, 3.63) is 64.7 Å². The average molecular weight is 281 g/mol. The highest BCUT2D eigenvalue weighted by atomic mass is 16.1. The van der Waals surface area contributed by atoms with Crippen LogP contribution in [0.3, 0.4) is 0 Å². The van der Waals surface area contributed by atoms with Gasteiger partial charge in [0.1, 0.15) is 0 Å². The Hall–Kier alpha value is -2.09. The van der Waals surface area contributed by atoms with Crippen LogP contribution < -0.4 is 5.32 Å². The van der Waals surface area contributed by atoms with E-state index < -0.39 is 0 Å². The van der Waals surface area contributed by atoms with E-state index in [1.807, 2.05) is 26.0 Å².